The molecule has 1 amide bonds. The van der Waals surface area contributed by atoms with Crippen molar-refractivity contribution in [3.63, 3.8) is 0 Å². The number of anilines is 1. The maximum atomic E-state index is 15.7. The summed E-state index contributed by atoms with van der Waals surface area (Å²) in [6, 6.07) is 36.3. The number of rotatable bonds is 12. The Kier molecular flexibility index (Phi) is 12.6. The molecule has 55 heavy (non-hydrogen) atoms. The molecule has 4 aromatic rings. The predicted molar refractivity (Wildman–Crippen MR) is 205 cm³/mol. The van der Waals surface area contributed by atoms with Crippen LogP contribution in [0.5, 0.6) is 0 Å². The lowest BCUT2D eigenvalue weighted by molar-refractivity contribution is -0.175. The molecule has 4 aromatic carbocycles. The molecule has 0 saturated carbocycles. The van der Waals surface area contributed by atoms with Crippen LogP contribution in [0.15, 0.2) is 115 Å². The van der Waals surface area contributed by atoms with Gasteiger partial charge in [-0.15, -0.1) is 12.3 Å². The SMILES string of the molecule is C#CCC(C[C@H]1CC(=O)O[C@@]12C(=O)N(C(c1ccccc1)(c1ccccc1)c1ccccc1)c1ccccc12)(C(=O)OCC)C(=O)OCC.CCOC(C)=O. The summed E-state index contributed by atoms with van der Waals surface area (Å²) in [7, 11) is 0. The smallest absolute Gasteiger partial charge is 0.324 e. The Bertz CT molecular complexity index is 1930. The van der Waals surface area contributed by atoms with Crippen LogP contribution >= 0.6 is 0 Å². The molecule has 0 radical (unpaired) electrons. The molecule has 0 bridgehead atoms. The lowest BCUT2D eigenvalue weighted by atomic mass is 9.69. The van der Waals surface area contributed by atoms with Gasteiger partial charge < -0.3 is 18.9 Å². The first-order valence-corrected chi connectivity index (χ1v) is 18.3. The monoisotopic (exact) mass is 743 g/mol. The number of carbonyl (C=O) groups excluding carboxylic acids is 5. The van der Waals surface area contributed by atoms with Crippen LogP contribution in [0, 0.1) is 23.7 Å². The summed E-state index contributed by atoms with van der Waals surface area (Å²) in [6.07, 6.45) is 4.85. The third-order valence-electron chi connectivity index (χ3n) is 9.92. The van der Waals surface area contributed by atoms with Crippen LogP contribution in [0.3, 0.4) is 0 Å². The van der Waals surface area contributed by atoms with Crippen molar-refractivity contribution in [1.82, 2.24) is 0 Å². The Morgan fingerprint density at radius 3 is 1.62 bits per heavy atom. The molecule has 2 aliphatic heterocycles. The van der Waals surface area contributed by atoms with Crippen LogP contribution < -0.4 is 4.90 Å². The summed E-state index contributed by atoms with van der Waals surface area (Å²) in [5.74, 6) is -1.63. The fraction of sp³-hybridized carbons (Fsp3) is 0.311. The van der Waals surface area contributed by atoms with Crippen molar-refractivity contribution in [2.24, 2.45) is 11.3 Å². The molecule has 0 aliphatic carbocycles. The molecule has 1 saturated heterocycles. The zero-order valence-electron chi connectivity index (χ0n) is 31.5. The molecule has 0 N–H and O–H groups in total. The number of carbonyl (C=O) groups is 5. The van der Waals surface area contributed by atoms with Gasteiger partial charge in [-0.25, -0.2) is 0 Å². The summed E-state index contributed by atoms with van der Waals surface area (Å²) < 4.78 is 21.4. The molecule has 2 atom stereocenters. The van der Waals surface area contributed by atoms with Gasteiger partial charge in [0.2, 0.25) is 5.60 Å². The van der Waals surface area contributed by atoms with Gasteiger partial charge in [0.1, 0.15) is 5.54 Å². The van der Waals surface area contributed by atoms with E-state index in [1.807, 2.05) is 103 Å². The van der Waals surface area contributed by atoms with Crippen LogP contribution in [0.4, 0.5) is 5.69 Å². The molecule has 1 fully saturated rings. The van der Waals surface area contributed by atoms with Crippen LogP contribution in [0.1, 0.15) is 69.2 Å². The van der Waals surface area contributed by atoms with Crippen molar-refractivity contribution >= 4 is 35.5 Å². The van der Waals surface area contributed by atoms with Crippen molar-refractivity contribution in [3.8, 4) is 12.3 Å². The summed E-state index contributed by atoms with van der Waals surface area (Å²) in [5.41, 5.74) is -1.74. The van der Waals surface area contributed by atoms with E-state index in [4.69, 9.17) is 20.6 Å². The van der Waals surface area contributed by atoms with Gasteiger partial charge in [0.25, 0.3) is 5.91 Å². The molecule has 0 unspecified atom stereocenters. The molecule has 10 heteroatoms. The number of fused-ring (bicyclic) bond motifs is 2. The molecule has 10 nitrogen and oxygen atoms in total. The third-order valence-corrected chi connectivity index (χ3v) is 9.92. The molecule has 2 aliphatic rings. The van der Waals surface area contributed by atoms with Gasteiger partial charge in [-0.05, 0) is 49.9 Å². The average molecular weight is 744 g/mol. The lowest BCUT2D eigenvalue weighted by Crippen LogP contribution is -2.55. The van der Waals surface area contributed by atoms with Gasteiger partial charge in [0.15, 0.2) is 5.41 Å². The van der Waals surface area contributed by atoms with Crippen molar-refractivity contribution in [2.45, 2.75) is 58.1 Å². The van der Waals surface area contributed by atoms with Crippen molar-refractivity contribution in [3.05, 3.63) is 138 Å². The quantitative estimate of drug-likeness (QED) is 0.0502. The first-order chi connectivity index (χ1) is 26.6. The van der Waals surface area contributed by atoms with E-state index in [1.54, 1.807) is 37.8 Å². The Hall–Kier alpha value is -6.21. The minimum absolute atomic E-state index is 0.0148. The number of benzene rings is 4. The Morgan fingerprint density at radius 2 is 1.20 bits per heavy atom. The minimum Gasteiger partial charge on any atom is -0.466 e. The maximum Gasteiger partial charge on any atom is 0.324 e. The number of nitrogens with zero attached hydrogens (tertiary/aromatic N) is 1. The average Bonchev–Trinajstić information content (AvgIpc) is 3.65. The second-order valence-electron chi connectivity index (χ2n) is 13.1. The largest absolute Gasteiger partial charge is 0.466 e. The summed E-state index contributed by atoms with van der Waals surface area (Å²) >= 11 is 0. The minimum atomic E-state index is -1.98. The van der Waals surface area contributed by atoms with Gasteiger partial charge in [0.05, 0.1) is 31.9 Å². The molecule has 0 aromatic heterocycles. The highest BCUT2D eigenvalue weighted by molar-refractivity contribution is 6.12. The first kappa shape index (κ1) is 40.0. The Morgan fingerprint density at radius 1 is 0.745 bits per heavy atom. The van der Waals surface area contributed by atoms with E-state index < -0.39 is 46.3 Å². The van der Waals surface area contributed by atoms with E-state index in [2.05, 4.69) is 10.7 Å². The Labute approximate surface area is 321 Å². The summed E-state index contributed by atoms with van der Waals surface area (Å²) in [6.45, 7) is 6.87. The summed E-state index contributed by atoms with van der Waals surface area (Å²) in [5, 5.41) is 0. The number of esters is 4. The van der Waals surface area contributed by atoms with Crippen LogP contribution in [0.25, 0.3) is 0 Å². The first-order valence-electron chi connectivity index (χ1n) is 18.3. The number of hydrogen-bond acceptors (Lipinski definition) is 9. The standard InChI is InChI=1S/C41H37NO7.C4H8O2/c1-4-26-39(37(45)47-5-2,38(46)48-6-3)28-32-27-35(43)49-41(32)33-24-16-17-25-34(33)42(36(41)44)40(29-18-10-7-11-19-29,30-20-12-8-13-21-30)31-22-14-9-15-23-31;1-3-6-4(2)5/h1,7-25,32H,5-6,26-28H2,2-3H3;3H2,1-2H3/t32-,41+;/m1./s1. The van der Waals surface area contributed by atoms with Gasteiger partial charge in [-0.3, -0.25) is 28.9 Å². The second kappa shape index (κ2) is 17.3. The second-order valence-corrected chi connectivity index (χ2v) is 13.1. The van der Waals surface area contributed by atoms with Crippen molar-refractivity contribution in [2.75, 3.05) is 24.7 Å². The maximum absolute atomic E-state index is 15.7. The highest BCUT2D eigenvalue weighted by Crippen LogP contribution is 2.59. The highest BCUT2D eigenvalue weighted by atomic mass is 16.6. The topological polar surface area (TPSA) is 126 Å². The van der Waals surface area contributed by atoms with Gasteiger partial charge in [-0.1, -0.05) is 109 Å². The number of para-hydroxylation sites is 1. The predicted octanol–water partition coefficient (Wildman–Crippen LogP) is 6.88. The molecule has 284 valence electrons. The highest BCUT2D eigenvalue weighted by Gasteiger charge is 2.68. The fourth-order valence-electron chi connectivity index (χ4n) is 7.79. The van der Waals surface area contributed by atoms with E-state index in [9.17, 15) is 19.2 Å². The zero-order chi connectivity index (χ0) is 39.6. The van der Waals surface area contributed by atoms with Gasteiger partial charge in [-0.2, -0.15) is 0 Å². The zero-order valence-corrected chi connectivity index (χ0v) is 31.5. The number of hydrogen-bond donors (Lipinski definition) is 0. The fourth-order valence-corrected chi connectivity index (χ4v) is 7.79. The van der Waals surface area contributed by atoms with E-state index in [0.29, 0.717) is 17.9 Å². The van der Waals surface area contributed by atoms with Crippen LogP contribution in [-0.2, 0) is 54.1 Å². The van der Waals surface area contributed by atoms with Crippen molar-refractivity contribution in [1.29, 1.82) is 0 Å². The van der Waals surface area contributed by atoms with Crippen LogP contribution in [-0.4, -0.2) is 49.6 Å². The molecular formula is C45H45NO9. The normalized spacial score (nSPS) is 17.3. The third kappa shape index (κ3) is 7.22. The Balaban J connectivity index is 0.000000895. The van der Waals surface area contributed by atoms with E-state index in [-0.39, 0.29) is 38.4 Å². The lowest BCUT2D eigenvalue weighted by Gasteiger charge is -2.44. The number of amides is 1. The number of ether oxygens (including phenoxy) is 4. The van der Waals surface area contributed by atoms with E-state index >= 15 is 4.79 Å². The number of terminal acetylenes is 1. The van der Waals surface area contributed by atoms with Gasteiger partial charge in [0, 0.05) is 24.8 Å². The molecular weight excluding hydrogens is 698 g/mol. The molecule has 2 heterocycles. The van der Waals surface area contributed by atoms with E-state index in [0.717, 1.165) is 16.7 Å². The molecule has 6 rings (SSSR count). The van der Waals surface area contributed by atoms with Crippen molar-refractivity contribution < 1.29 is 42.9 Å². The van der Waals surface area contributed by atoms with Crippen LogP contribution in [0.2, 0.25) is 0 Å². The van der Waals surface area contributed by atoms with E-state index in [1.165, 1.54) is 6.92 Å². The molecule has 1 spiro atoms. The van der Waals surface area contributed by atoms with Gasteiger partial charge >= 0.3 is 23.9 Å². The summed E-state index contributed by atoms with van der Waals surface area (Å²) in [4.78, 5) is 68.2.